The Bertz CT molecular complexity index is 561. The summed E-state index contributed by atoms with van der Waals surface area (Å²) in [5.41, 5.74) is 3.76. The van der Waals surface area contributed by atoms with E-state index in [2.05, 4.69) is 73.5 Å². The molecular weight excluding hydrogens is 256 g/mol. The van der Waals surface area contributed by atoms with Crippen molar-refractivity contribution in [2.75, 3.05) is 0 Å². The van der Waals surface area contributed by atoms with Gasteiger partial charge in [-0.2, -0.15) is 0 Å². The van der Waals surface area contributed by atoms with Crippen LogP contribution in [0, 0.1) is 6.92 Å². The van der Waals surface area contributed by atoms with Gasteiger partial charge in [0.15, 0.2) is 0 Å². The molecule has 2 rings (SSSR count). The second-order valence-electron chi connectivity index (χ2n) is 6.51. The number of hydrogen-bond acceptors (Lipinski definition) is 2. The van der Waals surface area contributed by atoms with Gasteiger partial charge in [-0.15, -0.1) is 0 Å². The third-order valence-electron chi connectivity index (χ3n) is 3.95. The fourth-order valence-corrected chi connectivity index (χ4v) is 2.82. The van der Waals surface area contributed by atoms with Crippen molar-refractivity contribution >= 4 is 0 Å². The van der Waals surface area contributed by atoms with Crippen molar-refractivity contribution in [1.82, 2.24) is 10.3 Å². The highest BCUT2D eigenvalue weighted by atomic mass is 14.9. The van der Waals surface area contributed by atoms with E-state index >= 15 is 0 Å². The zero-order valence-corrected chi connectivity index (χ0v) is 13.6. The first-order valence-electron chi connectivity index (χ1n) is 7.69. The molecule has 21 heavy (non-hydrogen) atoms. The Balaban J connectivity index is 1.91. The Hall–Kier alpha value is -1.67. The van der Waals surface area contributed by atoms with Crippen molar-refractivity contribution in [2.24, 2.45) is 0 Å². The lowest BCUT2D eigenvalue weighted by Gasteiger charge is -2.29. The molecule has 1 unspecified atom stereocenters. The van der Waals surface area contributed by atoms with Crippen LogP contribution >= 0.6 is 0 Å². The van der Waals surface area contributed by atoms with Crippen molar-refractivity contribution in [2.45, 2.75) is 52.1 Å². The van der Waals surface area contributed by atoms with E-state index in [9.17, 15) is 0 Å². The Morgan fingerprint density at radius 2 is 1.76 bits per heavy atom. The van der Waals surface area contributed by atoms with Crippen molar-refractivity contribution in [1.29, 1.82) is 0 Å². The van der Waals surface area contributed by atoms with Gasteiger partial charge in [-0.3, -0.25) is 4.98 Å². The zero-order chi connectivity index (χ0) is 15.3. The molecule has 0 saturated carbocycles. The third-order valence-corrected chi connectivity index (χ3v) is 3.95. The lowest BCUT2D eigenvalue weighted by atomic mass is 9.79. The number of pyridine rings is 1. The van der Waals surface area contributed by atoms with E-state index in [0.29, 0.717) is 6.04 Å². The average Bonchev–Trinajstić information content (AvgIpc) is 2.46. The van der Waals surface area contributed by atoms with E-state index in [4.69, 9.17) is 0 Å². The average molecular weight is 282 g/mol. The Morgan fingerprint density at radius 1 is 1.05 bits per heavy atom. The number of benzene rings is 1. The molecule has 1 heterocycles. The Morgan fingerprint density at radius 3 is 2.43 bits per heavy atom. The van der Waals surface area contributed by atoms with Crippen LogP contribution in [0.5, 0.6) is 0 Å². The maximum atomic E-state index is 4.54. The van der Waals surface area contributed by atoms with E-state index in [-0.39, 0.29) is 5.41 Å². The lowest BCUT2D eigenvalue weighted by molar-refractivity contribution is 0.387. The number of nitrogens with one attached hydrogen (secondary N) is 1. The molecule has 0 bridgehead atoms. The van der Waals surface area contributed by atoms with Crippen molar-refractivity contribution in [3.05, 3.63) is 65.5 Å². The fraction of sp³-hybridized carbons (Fsp3) is 0.421. The number of aromatic nitrogens is 1. The Kier molecular flexibility index (Phi) is 5.13. The quantitative estimate of drug-likeness (QED) is 0.857. The van der Waals surface area contributed by atoms with Gasteiger partial charge in [-0.1, -0.05) is 50.2 Å². The molecule has 0 aliphatic carbocycles. The minimum Gasteiger partial charge on any atom is -0.309 e. The molecule has 2 heteroatoms. The summed E-state index contributed by atoms with van der Waals surface area (Å²) in [7, 11) is 0. The fourth-order valence-electron chi connectivity index (χ4n) is 2.82. The summed E-state index contributed by atoms with van der Waals surface area (Å²) >= 11 is 0. The molecule has 0 fully saturated rings. The molecule has 0 radical (unpaired) electrons. The van der Waals surface area contributed by atoms with Crippen LogP contribution in [0.15, 0.2) is 48.5 Å². The number of rotatable bonds is 6. The normalized spacial score (nSPS) is 13.1. The summed E-state index contributed by atoms with van der Waals surface area (Å²) in [4.78, 5) is 4.54. The van der Waals surface area contributed by atoms with Crippen LogP contribution < -0.4 is 5.32 Å². The van der Waals surface area contributed by atoms with Crippen LogP contribution in [-0.4, -0.2) is 11.0 Å². The third kappa shape index (κ3) is 4.68. The first kappa shape index (κ1) is 15.7. The summed E-state index contributed by atoms with van der Waals surface area (Å²) in [6.07, 6.45) is 1.10. The predicted molar refractivity (Wildman–Crippen MR) is 89.4 cm³/mol. The molecule has 1 aromatic heterocycles. The van der Waals surface area contributed by atoms with Gasteiger partial charge >= 0.3 is 0 Å². The van der Waals surface area contributed by atoms with E-state index in [0.717, 1.165) is 24.4 Å². The van der Waals surface area contributed by atoms with Crippen molar-refractivity contribution in [3.8, 4) is 0 Å². The second-order valence-corrected chi connectivity index (χ2v) is 6.51. The zero-order valence-electron chi connectivity index (χ0n) is 13.6. The van der Waals surface area contributed by atoms with Gasteiger partial charge in [0, 0.05) is 18.3 Å². The highest BCUT2D eigenvalue weighted by molar-refractivity contribution is 5.23. The lowest BCUT2D eigenvalue weighted by Crippen LogP contribution is -2.33. The maximum Gasteiger partial charge on any atom is 0.0544 e. The summed E-state index contributed by atoms with van der Waals surface area (Å²) < 4.78 is 0. The summed E-state index contributed by atoms with van der Waals surface area (Å²) in [6.45, 7) is 9.73. The molecule has 2 nitrogen and oxygen atoms in total. The van der Waals surface area contributed by atoms with Crippen LogP contribution in [0.4, 0.5) is 0 Å². The predicted octanol–water partition coefficient (Wildman–Crippen LogP) is 4.24. The largest absolute Gasteiger partial charge is 0.309 e. The van der Waals surface area contributed by atoms with Crippen molar-refractivity contribution in [3.63, 3.8) is 0 Å². The van der Waals surface area contributed by atoms with Crippen LogP contribution in [0.2, 0.25) is 0 Å². The van der Waals surface area contributed by atoms with E-state index in [1.165, 1.54) is 5.56 Å². The minimum atomic E-state index is 0.174. The van der Waals surface area contributed by atoms with Gasteiger partial charge in [0.2, 0.25) is 0 Å². The molecule has 0 saturated heterocycles. The molecule has 1 atom stereocenters. The minimum absolute atomic E-state index is 0.174. The van der Waals surface area contributed by atoms with Crippen LogP contribution in [0.3, 0.4) is 0 Å². The maximum absolute atomic E-state index is 4.54. The smallest absolute Gasteiger partial charge is 0.0544 e. The van der Waals surface area contributed by atoms with E-state index < -0.39 is 0 Å². The summed E-state index contributed by atoms with van der Waals surface area (Å²) in [5.74, 6) is 0. The van der Waals surface area contributed by atoms with Crippen LogP contribution in [0.25, 0.3) is 0 Å². The van der Waals surface area contributed by atoms with Gasteiger partial charge < -0.3 is 5.32 Å². The summed E-state index contributed by atoms with van der Waals surface area (Å²) in [6, 6.07) is 17.4. The molecule has 0 aliphatic heterocycles. The van der Waals surface area contributed by atoms with Crippen LogP contribution in [-0.2, 0) is 12.0 Å². The molecule has 0 amide bonds. The van der Waals surface area contributed by atoms with Gasteiger partial charge in [0.25, 0.3) is 0 Å². The van der Waals surface area contributed by atoms with Gasteiger partial charge in [0.1, 0.15) is 0 Å². The first-order valence-corrected chi connectivity index (χ1v) is 7.69. The second kappa shape index (κ2) is 6.86. The van der Waals surface area contributed by atoms with Gasteiger partial charge in [-0.05, 0) is 43.4 Å². The molecule has 2 aromatic rings. The highest BCUT2D eigenvalue weighted by Gasteiger charge is 2.22. The molecule has 1 aromatic carbocycles. The molecule has 0 aliphatic rings. The van der Waals surface area contributed by atoms with E-state index in [1.807, 2.05) is 13.0 Å². The topological polar surface area (TPSA) is 24.9 Å². The van der Waals surface area contributed by atoms with Crippen LogP contribution in [0.1, 0.15) is 44.1 Å². The standard InChI is InChI=1S/C19H26N2/c1-15-9-8-12-18(21-15)14-20-16(2)13-19(3,4)17-10-6-5-7-11-17/h5-12,16,20H,13-14H2,1-4H3. The number of aryl methyl sites for hydroxylation is 1. The molecule has 112 valence electrons. The first-order chi connectivity index (χ1) is 9.97. The molecule has 0 spiro atoms. The van der Waals surface area contributed by atoms with Gasteiger partial charge in [0.05, 0.1) is 5.69 Å². The number of nitrogens with zero attached hydrogens (tertiary/aromatic N) is 1. The van der Waals surface area contributed by atoms with Gasteiger partial charge in [-0.25, -0.2) is 0 Å². The molecule has 1 N–H and O–H groups in total. The Labute approximate surface area is 128 Å². The summed E-state index contributed by atoms with van der Waals surface area (Å²) in [5, 5.41) is 3.59. The monoisotopic (exact) mass is 282 g/mol. The number of hydrogen-bond donors (Lipinski definition) is 1. The SMILES string of the molecule is Cc1cccc(CNC(C)CC(C)(C)c2ccccc2)n1. The highest BCUT2D eigenvalue weighted by Crippen LogP contribution is 2.28. The molecular formula is C19H26N2. The van der Waals surface area contributed by atoms with Crippen molar-refractivity contribution < 1.29 is 0 Å². The van der Waals surface area contributed by atoms with E-state index in [1.54, 1.807) is 0 Å².